The Morgan fingerprint density at radius 1 is 1.50 bits per heavy atom. The van der Waals surface area contributed by atoms with Gasteiger partial charge in [-0.15, -0.1) is 0 Å². The van der Waals surface area contributed by atoms with E-state index >= 15 is 0 Å². The number of carbonyl (C=O) groups is 2. The molecule has 1 aliphatic heterocycles. The molecule has 1 saturated heterocycles. The summed E-state index contributed by atoms with van der Waals surface area (Å²) in [6.45, 7) is 2.62. The maximum Gasteiger partial charge on any atom is 0.320 e. The van der Waals surface area contributed by atoms with Crippen molar-refractivity contribution in [2.75, 3.05) is 24.1 Å². The number of anilines is 2. The number of nitrogens with zero attached hydrogens (tertiary/aromatic N) is 1. The van der Waals surface area contributed by atoms with E-state index in [4.69, 9.17) is 10.8 Å². The van der Waals surface area contributed by atoms with Crippen LogP contribution < -0.4 is 11.1 Å². The van der Waals surface area contributed by atoms with Crippen LogP contribution in [0, 0.1) is 6.92 Å². The first-order valence-electron chi connectivity index (χ1n) is 6.60. The van der Waals surface area contributed by atoms with Gasteiger partial charge in [0.25, 0.3) is 0 Å². The topological polar surface area (TPSA) is 95.7 Å². The average molecular weight is 277 g/mol. The van der Waals surface area contributed by atoms with E-state index in [1.807, 2.05) is 13.0 Å². The molecule has 1 fully saturated rings. The Balaban J connectivity index is 1.95. The third-order valence-corrected chi connectivity index (χ3v) is 3.56. The SMILES string of the molecule is Cc1ccc(NC(=O)CN2CCCC2C(=O)O)cc1N. The van der Waals surface area contributed by atoms with Gasteiger partial charge in [-0.05, 0) is 44.0 Å². The second-order valence-electron chi connectivity index (χ2n) is 5.09. The highest BCUT2D eigenvalue weighted by atomic mass is 16.4. The van der Waals surface area contributed by atoms with Gasteiger partial charge in [-0.3, -0.25) is 14.5 Å². The summed E-state index contributed by atoms with van der Waals surface area (Å²) in [6, 6.07) is 4.76. The van der Waals surface area contributed by atoms with Crippen LogP contribution in [-0.2, 0) is 9.59 Å². The summed E-state index contributed by atoms with van der Waals surface area (Å²) in [5.41, 5.74) is 7.98. The van der Waals surface area contributed by atoms with Crippen molar-refractivity contribution in [2.24, 2.45) is 0 Å². The zero-order valence-corrected chi connectivity index (χ0v) is 11.4. The van der Waals surface area contributed by atoms with E-state index in [0.717, 1.165) is 12.0 Å². The fraction of sp³-hybridized carbons (Fsp3) is 0.429. The first kappa shape index (κ1) is 14.3. The van der Waals surface area contributed by atoms with Crippen LogP contribution in [0.2, 0.25) is 0 Å². The van der Waals surface area contributed by atoms with E-state index in [0.29, 0.717) is 24.3 Å². The first-order chi connectivity index (χ1) is 9.47. The Bertz CT molecular complexity index is 530. The Morgan fingerprint density at radius 3 is 2.90 bits per heavy atom. The minimum atomic E-state index is -0.866. The fourth-order valence-corrected chi connectivity index (χ4v) is 2.40. The number of hydrogen-bond donors (Lipinski definition) is 3. The zero-order chi connectivity index (χ0) is 14.7. The molecule has 0 aromatic heterocycles. The minimum absolute atomic E-state index is 0.0880. The lowest BCUT2D eigenvalue weighted by atomic mass is 10.2. The zero-order valence-electron chi connectivity index (χ0n) is 11.4. The van der Waals surface area contributed by atoms with E-state index in [2.05, 4.69) is 5.32 Å². The summed E-state index contributed by atoms with van der Waals surface area (Å²) in [5, 5.41) is 11.8. The van der Waals surface area contributed by atoms with Gasteiger partial charge in [-0.2, -0.15) is 0 Å². The van der Waals surface area contributed by atoms with Crippen molar-refractivity contribution in [3.63, 3.8) is 0 Å². The van der Waals surface area contributed by atoms with E-state index in [9.17, 15) is 9.59 Å². The molecule has 20 heavy (non-hydrogen) atoms. The molecule has 1 amide bonds. The second-order valence-corrected chi connectivity index (χ2v) is 5.09. The van der Waals surface area contributed by atoms with Crippen molar-refractivity contribution in [3.05, 3.63) is 23.8 Å². The predicted molar refractivity (Wildman–Crippen MR) is 76.5 cm³/mol. The number of nitrogens with one attached hydrogen (secondary N) is 1. The standard InChI is InChI=1S/C14H19N3O3/c1-9-4-5-10(7-11(9)15)16-13(18)8-17-6-2-3-12(17)14(19)20/h4-5,7,12H,2-3,6,8,15H2,1H3,(H,16,18)(H,19,20). The highest BCUT2D eigenvalue weighted by Crippen LogP contribution is 2.19. The maximum atomic E-state index is 11.9. The molecule has 1 aromatic rings. The van der Waals surface area contributed by atoms with Crippen molar-refractivity contribution in [3.8, 4) is 0 Å². The van der Waals surface area contributed by atoms with Crippen LogP contribution in [-0.4, -0.2) is 41.0 Å². The molecule has 6 nitrogen and oxygen atoms in total. The minimum Gasteiger partial charge on any atom is -0.480 e. The van der Waals surface area contributed by atoms with E-state index in [1.165, 1.54) is 0 Å². The Kier molecular flexibility index (Phi) is 4.24. The van der Waals surface area contributed by atoms with E-state index in [1.54, 1.807) is 17.0 Å². The van der Waals surface area contributed by atoms with Crippen molar-refractivity contribution in [1.29, 1.82) is 0 Å². The number of hydrogen-bond acceptors (Lipinski definition) is 4. The number of carboxylic acid groups (broad SMARTS) is 1. The molecule has 0 bridgehead atoms. The smallest absolute Gasteiger partial charge is 0.320 e. The van der Waals surface area contributed by atoms with E-state index in [-0.39, 0.29) is 12.5 Å². The number of aliphatic carboxylic acids is 1. The normalized spacial score (nSPS) is 18.9. The van der Waals surface area contributed by atoms with Crippen molar-refractivity contribution < 1.29 is 14.7 Å². The number of nitrogens with two attached hydrogens (primary N) is 1. The predicted octanol–water partition coefficient (Wildman–Crippen LogP) is 1.06. The lowest BCUT2D eigenvalue weighted by molar-refractivity contribution is -0.142. The third-order valence-electron chi connectivity index (χ3n) is 3.56. The number of aryl methyl sites for hydroxylation is 1. The van der Waals surface area contributed by atoms with Gasteiger partial charge in [0.15, 0.2) is 0 Å². The third kappa shape index (κ3) is 3.27. The molecule has 0 aliphatic carbocycles. The van der Waals surface area contributed by atoms with Gasteiger partial charge in [-0.25, -0.2) is 0 Å². The molecule has 1 aromatic carbocycles. The number of carbonyl (C=O) groups excluding carboxylic acids is 1. The molecule has 4 N–H and O–H groups in total. The molecule has 1 heterocycles. The van der Waals surface area contributed by atoms with Crippen LogP contribution in [0.3, 0.4) is 0 Å². The number of rotatable bonds is 4. The lowest BCUT2D eigenvalue weighted by Crippen LogP contribution is -2.40. The summed E-state index contributed by atoms with van der Waals surface area (Å²) in [6.07, 6.45) is 1.40. The van der Waals surface area contributed by atoms with Gasteiger partial charge < -0.3 is 16.2 Å². The van der Waals surface area contributed by atoms with Crippen LogP contribution in [0.25, 0.3) is 0 Å². The molecule has 2 rings (SSSR count). The van der Waals surface area contributed by atoms with Crippen LogP contribution in [0.15, 0.2) is 18.2 Å². The van der Waals surface area contributed by atoms with Crippen LogP contribution >= 0.6 is 0 Å². The summed E-state index contributed by atoms with van der Waals surface area (Å²) in [4.78, 5) is 24.7. The largest absolute Gasteiger partial charge is 0.480 e. The molecule has 1 unspecified atom stereocenters. The first-order valence-corrected chi connectivity index (χ1v) is 6.60. The molecular weight excluding hydrogens is 258 g/mol. The van der Waals surface area contributed by atoms with Crippen LogP contribution in [0.1, 0.15) is 18.4 Å². The number of benzene rings is 1. The Labute approximate surface area is 117 Å². The van der Waals surface area contributed by atoms with Gasteiger partial charge in [-0.1, -0.05) is 6.07 Å². The molecule has 0 spiro atoms. The summed E-state index contributed by atoms with van der Waals surface area (Å²) >= 11 is 0. The summed E-state index contributed by atoms with van der Waals surface area (Å²) in [5.74, 6) is -1.09. The molecule has 108 valence electrons. The number of carboxylic acids is 1. The number of likely N-dealkylation sites (tertiary alicyclic amines) is 1. The van der Waals surface area contributed by atoms with Gasteiger partial charge in [0.05, 0.1) is 6.54 Å². The van der Waals surface area contributed by atoms with Gasteiger partial charge in [0.1, 0.15) is 6.04 Å². The summed E-state index contributed by atoms with van der Waals surface area (Å²) in [7, 11) is 0. The maximum absolute atomic E-state index is 11.9. The Hall–Kier alpha value is -2.08. The Morgan fingerprint density at radius 2 is 2.25 bits per heavy atom. The highest BCUT2D eigenvalue weighted by Gasteiger charge is 2.31. The van der Waals surface area contributed by atoms with Crippen molar-refractivity contribution >= 4 is 23.3 Å². The molecule has 1 atom stereocenters. The van der Waals surface area contributed by atoms with Crippen molar-refractivity contribution in [1.82, 2.24) is 4.90 Å². The molecule has 6 heteroatoms. The van der Waals surface area contributed by atoms with Gasteiger partial charge in [0, 0.05) is 11.4 Å². The quantitative estimate of drug-likeness (QED) is 0.715. The fourth-order valence-electron chi connectivity index (χ4n) is 2.40. The van der Waals surface area contributed by atoms with E-state index < -0.39 is 12.0 Å². The molecule has 1 aliphatic rings. The second kappa shape index (κ2) is 5.92. The van der Waals surface area contributed by atoms with Crippen molar-refractivity contribution in [2.45, 2.75) is 25.8 Å². The lowest BCUT2D eigenvalue weighted by Gasteiger charge is -2.20. The van der Waals surface area contributed by atoms with Gasteiger partial charge >= 0.3 is 5.97 Å². The van der Waals surface area contributed by atoms with Crippen LogP contribution in [0.5, 0.6) is 0 Å². The average Bonchev–Trinajstić information content (AvgIpc) is 2.82. The highest BCUT2D eigenvalue weighted by molar-refractivity contribution is 5.93. The number of nitrogen functional groups attached to an aromatic ring is 1. The molecule has 0 saturated carbocycles. The molecular formula is C14H19N3O3. The number of amides is 1. The molecule has 0 radical (unpaired) electrons. The van der Waals surface area contributed by atoms with Gasteiger partial charge in [0.2, 0.25) is 5.91 Å². The van der Waals surface area contributed by atoms with Crippen LogP contribution in [0.4, 0.5) is 11.4 Å². The summed E-state index contributed by atoms with van der Waals surface area (Å²) < 4.78 is 0. The monoisotopic (exact) mass is 277 g/mol.